The van der Waals surface area contributed by atoms with E-state index in [9.17, 15) is 0 Å². The van der Waals surface area contributed by atoms with E-state index in [0.717, 1.165) is 0 Å². The lowest BCUT2D eigenvalue weighted by molar-refractivity contribution is 0.546. The van der Waals surface area contributed by atoms with Gasteiger partial charge in [0.25, 0.3) is 0 Å². The molecule has 0 aromatic heterocycles. The maximum absolute atomic E-state index is 2.64. The standard InChI is InChI=1S/C29H62Si/c1-4-6-8-10-12-14-16-18-20-22-24-26-28-30(3)29-27-25-23-21-19-17-15-13-11-9-7-5-2/h30H,4-29H2,1-3H3. The van der Waals surface area contributed by atoms with Crippen molar-refractivity contribution in [3.63, 3.8) is 0 Å². The summed E-state index contributed by atoms with van der Waals surface area (Å²) < 4.78 is 0. The molecule has 0 aliphatic rings. The van der Waals surface area contributed by atoms with Gasteiger partial charge in [-0.15, -0.1) is 0 Å². The maximum atomic E-state index is 2.64. The van der Waals surface area contributed by atoms with Gasteiger partial charge in [0, 0.05) is 8.80 Å². The van der Waals surface area contributed by atoms with Crippen LogP contribution in [0, 0.1) is 0 Å². The molecule has 0 spiro atoms. The molecule has 0 radical (unpaired) electrons. The Balaban J connectivity index is 3.13. The highest BCUT2D eigenvalue weighted by molar-refractivity contribution is 6.57. The largest absolute Gasteiger partial charge is 0.0720 e. The third kappa shape index (κ3) is 26.3. The third-order valence-corrected chi connectivity index (χ3v) is 9.89. The SMILES string of the molecule is CCCCCCCCCCCCCC[SiH](C)CCCCCCCCCCCCCC. The molecule has 0 atom stereocenters. The molecule has 0 aliphatic heterocycles. The van der Waals surface area contributed by atoms with E-state index < -0.39 is 0 Å². The number of unbranched alkanes of at least 4 members (excludes halogenated alkanes) is 22. The first kappa shape index (κ1) is 30.2. The Morgan fingerprint density at radius 2 is 0.500 bits per heavy atom. The lowest BCUT2D eigenvalue weighted by atomic mass is 10.1. The van der Waals surface area contributed by atoms with Gasteiger partial charge >= 0.3 is 0 Å². The van der Waals surface area contributed by atoms with E-state index >= 15 is 0 Å². The first-order valence-electron chi connectivity index (χ1n) is 14.8. The molecule has 0 aromatic carbocycles. The highest BCUT2D eigenvalue weighted by Crippen LogP contribution is 2.16. The summed E-state index contributed by atoms with van der Waals surface area (Å²) in [6.07, 6.45) is 35.7. The smallest absolute Gasteiger partial charge is 0.0336 e. The van der Waals surface area contributed by atoms with Gasteiger partial charge in [-0.2, -0.15) is 0 Å². The fourth-order valence-electron chi connectivity index (χ4n) is 4.81. The van der Waals surface area contributed by atoms with E-state index in [1.165, 1.54) is 141 Å². The van der Waals surface area contributed by atoms with Gasteiger partial charge in [0.2, 0.25) is 0 Å². The van der Waals surface area contributed by atoms with Crippen molar-refractivity contribution in [1.82, 2.24) is 0 Å². The van der Waals surface area contributed by atoms with E-state index in [-0.39, 0.29) is 8.80 Å². The van der Waals surface area contributed by atoms with Gasteiger partial charge < -0.3 is 0 Å². The Labute approximate surface area is 195 Å². The predicted molar refractivity (Wildman–Crippen MR) is 145 cm³/mol. The summed E-state index contributed by atoms with van der Waals surface area (Å²) in [6.45, 7) is 7.25. The topological polar surface area (TPSA) is 0 Å². The van der Waals surface area contributed by atoms with Crippen molar-refractivity contribution in [3.05, 3.63) is 0 Å². The van der Waals surface area contributed by atoms with Crippen LogP contribution in [-0.2, 0) is 0 Å². The normalized spacial score (nSPS) is 11.6. The molecular weight excluding hydrogens is 376 g/mol. The minimum Gasteiger partial charge on any atom is -0.0720 e. The van der Waals surface area contributed by atoms with Crippen LogP contribution in [-0.4, -0.2) is 8.80 Å². The van der Waals surface area contributed by atoms with Gasteiger partial charge in [0.15, 0.2) is 0 Å². The van der Waals surface area contributed by atoms with Crippen LogP contribution in [0.25, 0.3) is 0 Å². The highest BCUT2D eigenvalue weighted by atomic mass is 28.3. The quantitative estimate of drug-likeness (QED) is 0.0929. The van der Waals surface area contributed by atoms with Gasteiger partial charge in [-0.3, -0.25) is 0 Å². The number of rotatable bonds is 26. The zero-order chi connectivity index (χ0) is 22.0. The highest BCUT2D eigenvalue weighted by Gasteiger charge is 2.03. The zero-order valence-electron chi connectivity index (χ0n) is 22.0. The average molecular weight is 439 g/mol. The van der Waals surface area contributed by atoms with Crippen LogP contribution in [0.4, 0.5) is 0 Å². The van der Waals surface area contributed by atoms with E-state index in [1.807, 2.05) is 0 Å². The van der Waals surface area contributed by atoms with Crippen molar-refractivity contribution >= 4 is 8.80 Å². The van der Waals surface area contributed by atoms with Crippen LogP contribution in [0.3, 0.4) is 0 Å². The van der Waals surface area contributed by atoms with Gasteiger partial charge in [-0.25, -0.2) is 0 Å². The summed E-state index contributed by atoms with van der Waals surface area (Å²) in [5, 5.41) is 0. The molecule has 0 saturated heterocycles. The Kier molecular flexibility index (Phi) is 27.4. The van der Waals surface area contributed by atoms with Gasteiger partial charge in [-0.05, 0) is 0 Å². The molecule has 0 amide bonds. The van der Waals surface area contributed by atoms with E-state index in [0.29, 0.717) is 0 Å². The molecule has 0 unspecified atom stereocenters. The number of hydrogen-bond acceptors (Lipinski definition) is 0. The van der Waals surface area contributed by atoms with Crippen molar-refractivity contribution in [3.8, 4) is 0 Å². The van der Waals surface area contributed by atoms with Gasteiger partial charge in [0.05, 0.1) is 0 Å². The van der Waals surface area contributed by atoms with Crippen molar-refractivity contribution < 1.29 is 0 Å². The monoisotopic (exact) mass is 438 g/mol. The third-order valence-electron chi connectivity index (χ3n) is 7.10. The molecule has 0 aromatic rings. The van der Waals surface area contributed by atoms with Crippen LogP contribution >= 0.6 is 0 Å². The Hall–Kier alpha value is 0.217. The molecule has 0 aliphatic carbocycles. The minimum absolute atomic E-state index is 0.371. The van der Waals surface area contributed by atoms with Crippen molar-refractivity contribution in [2.45, 2.75) is 187 Å². The minimum atomic E-state index is -0.371. The summed E-state index contributed by atoms with van der Waals surface area (Å²) in [5.41, 5.74) is 0. The lowest BCUT2D eigenvalue weighted by Crippen LogP contribution is -2.05. The summed E-state index contributed by atoms with van der Waals surface area (Å²) in [7, 11) is -0.371. The molecule has 0 bridgehead atoms. The van der Waals surface area contributed by atoms with Crippen molar-refractivity contribution in [1.29, 1.82) is 0 Å². The predicted octanol–water partition coefficient (Wildman–Crippen LogP) is 11.2. The lowest BCUT2D eigenvalue weighted by Gasteiger charge is -2.10. The molecule has 0 heterocycles. The molecule has 1 heteroatoms. The molecule has 0 fully saturated rings. The molecule has 30 heavy (non-hydrogen) atoms. The van der Waals surface area contributed by atoms with Crippen LogP contribution in [0.1, 0.15) is 168 Å². The first-order valence-corrected chi connectivity index (χ1v) is 17.6. The second-order valence-electron chi connectivity index (χ2n) is 10.5. The first-order chi connectivity index (χ1) is 14.8. The molecule has 0 nitrogen and oxygen atoms in total. The molecule has 182 valence electrons. The fraction of sp³-hybridized carbons (Fsp3) is 1.00. The number of hydrogen-bond donors (Lipinski definition) is 0. The summed E-state index contributed by atoms with van der Waals surface area (Å²) in [6, 6.07) is 3.24. The van der Waals surface area contributed by atoms with Crippen LogP contribution in [0.5, 0.6) is 0 Å². The Morgan fingerprint density at radius 3 is 0.733 bits per heavy atom. The van der Waals surface area contributed by atoms with E-state index in [2.05, 4.69) is 20.4 Å². The van der Waals surface area contributed by atoms with Crippen molar-refractivity contribution in [2.24, 2.45) is 0 Å². The van der Waals surface area contributed by atoms with E-state index in [4.69, 9.17) is 0 Å². The summed E-state index contributed by atoms with van der Waals surface area (Å²) in [4.78, 5) is 0. The van der Waals surface area contributed by atoms with Crippen LogP contribution < -0.4 is 0 Å². The Bertz CT molecular complexity index is 260. The fourth-order valence-corrected chi connectivity index (χ4v) is 7.07. The molecule has 0 N–H and O–H groups in total. The second-order valence-corrected chi connectivity index (χ2v) is 13.8. The molecule has 0 saturated carbocycles. The zero-order valence-corrected chi connectivity index (χ0v) is 23.1. The second kappa shape index (κ2) is 27.3. The van der Waals surface area contributed by atoms with Crippen LogP contribution in [0.15, 0.2) is 0 Å². The average Bonchev–Trinajstić information content (AvgIpc) is 2.75. The Morgan fingerprint density at radius 1 is 0.300 bits per heavy atom. The van der Waals surface area contributed by atoms with E-state index in [1.54, 1.807) is 24.9 Å². The maximum Gasteiger partial charge on any atom is 0.0336 e. The molecular formula is C29H62Si. The van der Waals surface area contributed by atoms with Crippen molar-refractivity contribution in [2.75, 3.05) is 0 Å². The van der Waals surface area contributed by atoms with Gasteiger partial charge in [0.1, 0.15) is 0 Å². The summed E-state index contributed by atoms with van der Waals surface area (Å²) >= 11 is 0. The van der Waals surface area contributed by atoms with Gasteiger partial charge in [-0.1, -0.05) is 187 Å². The molecule has 0 rings (SSSR count). The summed E-state index contributed by atoms with van der Waals surface area (Å²) in [5.74, 6) is 0. The van der Waals surface area contributed by atoms with Crippen LogP contribution in [0.2, 0.25) is 18.6 Å².